The van der Waals surface area contributed by atoms with Gasteiger partial charge in [-0.1, -0.05) is 6.07 Å². The van der Waals surface area contributed by atoms with Gasteiger partial charge in [-0.05, 0) is 61.2 Å². The van der Waals surface area contributed by atoms with Crippen LogP contribution in [0.2, 0.25) is 0 Å². The van der Waals surface area contributed by atoms with Crippen LogP contribution in [0, 0.1) is 24.5 Å². The van der Waals surface area contributed by atoms with Crippen LogP contribution >= 0.6 is 36.2 Å². The second-order valence-electron chi connectivity index (χ2n) is 3.14. The fourth-order valence-electron chi connectivity index (χ4n) is 1.45. The van der Waals surface area contributed by atoms with Crippen molar-refractivity contribution >= 4 is 57.9 Å². The molecule has 0 aliphatic heterocycles. The zero-order valence-electron chi connectivity index (χ0n) is 9.14. The van der Waals surface area contributed by atoms with Crippen LogP contribution in [0.5, 0.6) is 0 Å². The van der Waals surface area contributed by atoms with Gasteiger partial charge in [-0.2, -0.15) is 15.2 Å². The SMILES string of the molecule is Cc1cc(C)c(SC#N)c(N=C=S)c1N=C=S. The molecule has 0 unspecified atom stereocenters. The van der Waals surface area contributed by atoms with Crippen molar-refractivity contribution in [3.8, 4) is 5.40 Å². The summed E-state index contributed by atoms with van der Waals surface area (Å²) in [6.45, 7) is 3.79. The minimum atomic E-state index is 0.529. The number of benzene rings is 1. The van der Waals surface area contributed by atoms with Crippen molar-refractivity contribution in [3.05, 3.63) is 17.2 Å². The van der Waals surface area contributed by atoms with Crippen molar-refractivity contribution in [2.24, 2.45) is 9.98 Å². The van der Waals surface area contributed by atoms with Gasteiger partial charge in [0.1, 0.15) is 16.8 Å². The smallest absolute Gasteiger partial charge is 0.138 e. The van der Waals surface area contributed by atoms with E-state index in [4.69, 9.17) is 5.26 Å². The summed E-state index contributed by atoms with van der Waals surface area (Å²) in [4.78, 5) is 8.67. The summed E-state index contributed by atoms with van der Waals surface area (Å²) in [7, 11) is 0. The number of aryl methyl sites for hydroxylation is 2. The molecule has 84 valence electrons. The first-order valence-electron chi connectivity index (χ1n) is 4.51. The number of rotatable bonds is 3. The zero-order chi connectivity index (χ0) is 12.8. The Morgan fingerprint density at radius 2 is 1.71 bits per heavy atom. The van der Waals surface area contributed by atoms with Gasteiger partial charge in [0.25, 0.3) is 0 Å². The molecule has 0 spiro atoms. The molecule has 1 aromatic carbocycles. The molecule has 0 aromatic heterocycles. The van der Waals surface area contributed by atoms with Crippen molar-refractivity contribution in [2.45, 2.75) is 18.7 Å². The molecule has 0 saturated carbocycles. The molecule has 3 nitrogen and oxygen atoms in total. The number of thiocarbonyl (C=S) groups is 2. The van der Waals surface area contributed by atoms with E-state index >= 15 is 0 Å². The fourth-order valence-corrected chi connectivity index (χ4v) is 2.18. The molecular formula is C11H7N3S3. The number of thiocyanates is 1. The maximum Gasteiger partial charge on any atom is 0.138 e. The molecule has 0 atom stereocenters. The zero-order valence-corrected chi connectivity index (χ0v) is 11.6. The number of aliphatic imine (C=N–C) groups is 2. The molecule has 0 aliphatic carbocycles. The predicted octanol–water partition coefficient (Wildman–Crippen LogP) is 4.35. The molecule has 0 amide bonds. The third-order valence-corrected chi connectivity index (χ3v) is 3.06. The number of nitrogens with zero attached hydrogens (tertiary/aromatic N) is 3. The molecule has 0 saturated heterocycles. The molecule has 0 bridgehead atoms. The third kappa shape index (κ3) is 3.07. The average Bonchev–Trinajstić information content (AvgIpc) is 2.29. The molecule has 0 fully saturated rings. The number of thioether (sulfide) groups is 1. The Bertz CT molecular complexity index is 589. The first kappa shape index (κ1) is 13.7. The summed E-state index contributed by atoms with van der Waals surface area (Å²) in [5.74, 6) is 0. The minimum Gasteiger partial charge on any atom is -0.192 e. The quantitative estimate of drug-likeness (QED) is 0.357. The second-order valence-corrected chi connectivity index (χ2v) is 4.30. The first-order chi connectivity index (χ1) is 8.15. The molecule has 0 heterocycles. The van der Waals surface area contributed by atoms with Gasteiger partial charge in [0.05, 0.1) is 15.2 Å². The van der Waals surface area contributed by atoms with E-state index in [0.29, 0.717) is 11.4 Å². The first-order valence-corrected chi connectivity index (χ1v) is 6.14. The Morgan fingerprint density at radius 3 is 2.24 bits per heavy atom. The van der Waals surface area contributed by atoms with Crippen LogP contribution in [0.1, 0.15) is 11.1 Å². The van der Waals surface area contributed by atoms with E-state index in [2.05, 4.69) is 44.7 Å². The minimum absolute atomic E-state index is 0.529. The van der Waals surface area contributed by atoms with Gasteiger partial charge in [-0.15, -0.1) is 0 Å². The number of nitriles is 1. The highest BCUT2D eigenvalue weighted by atomic mass is 32.2. The lowest BCUT2D eigenvalue weighted by atomic mass is 10.1. The maximum atomic E-state index is 8.78. The Balaban J connectivity index is 3.71. The topological polar surface area (TPSA) is 48.5 Å². The molecule has 1 aromatic rings. The predicted molar refractivity (Wildman–Crippen MR) is 76.8 cm³/mol. The summed E-state index contributed by atoms with van der Waals surface area (Å²) in [6, 6.07) is 1.92. The number of isothiocyanates is 2. The Morgan fingerprint density at radius 1 is 1.12 bits per heavy atom. The van der Waals surface area contributed by atoms with Crippen LogP contribution in [0.25, 0.3) is 0 Å². The second kappa shape index (κ2) is 6.41. The number of hydrogen-bond acceptors (Lipinski definition) is 6. The van der Waals surface area contributed by atoms with E-state index in [-0.39, 0.29) is 0 Å². The van der Waals surface area contributed by atoms with Crippen molar-refractivity contribution in [2.75, 3.05) is 0 Å². The Kier molecular flexibility index (Phi) is 5.17. The average molecular weight is 277 g/mol. The van der Waals surface area contributed by atoms with E-state index in [1.165, 1.54) is 0 Å². The highest BCUT2D eigenvalue weighted by Crippen LogP contribution is 2.42. The van der Waals surface area contributed by atoms with Gasteiger partial charge < -0.3 is 0 Å². The van der Waals surface area contributed by atoms with Crippen molar-refractivity contribution < 1.29 is 0 Å². The lowest BCUT2D eigenvalue weighted by molar-refractivity contribution is 1.23. The summed E-state index contributed by atoms with van der Waals surface area (Å²) < 4.78 is 0. The van der Waals surface area contributed by atoms with Gasteiger partial charge in [-0.25, -0.2) is 0 Å². The van der Waals surface area contributed by atoms with E-state index in [1.807, 2.05) is 25.3 Å². The Hall–Kier alpha value is -1.34. The van der Waals surface area contributed by atoms with E-state index in [1.54, 1.807) is 0 Å². The number of hydrogen-bond donors (Lipinski definition) is 0. The lowest BCUT2D eigenvalue weighted by Crippen LogP contribution is -1.85. The monoisotopic (exact) mass is 277 g/mol. The summed E-state index contributed by atoms with van der Waals surface area (Å²) in [5.41, 5.74) is 2.97. The van der Waals surface area contributed by atoms with Crippen LogP contribution in [0.3, 0.4) is 0 Å². The third-order valence-electron chi connectivity index (χ3n) is 2.07. The van der Waals surface area contributed by atoms with Gasteiger partial charge in [0.2, 0.25) is 0 Å². The fraction of sp³-hybridized carbons (Fsp3) is 0.182. The highest BCUT2D eigenvalue weighted by molar-refractivity contribution is 8.04. The van der Waals surface area contributed by atoms with E-state index in [0.717, 1.165) is 27.8 Å². The van der Waals surface area contributed by atoms with Crippen molar-refractivity contribution in [1.29, 1.82) is 5.26 Å². The van der Waals surface area contributed by atoms with E-state index < -0.39 is 0 Å². The molecule has 6 heteroatoms. The molecule has 1 rings (SSSR count). The molecule has 0 aliphatic rings. The van der Waals surface area contributed by atoms with Crippen molar-refractivity contribution in [3.63, 3.8) is 0 Å². The summed E-state index contributed by atoms with van der Waals surface area (Å²) >= 11 is 10.2. The van der Waals surface area contributed by atoms with Gasteiger partial charge in [0.15, 0.2) is 0 Å². The van der Waals surface area contributed by atoms with Crippen LogP contribution in [-0.4, -0.2) is 10.3 Å². The lowest BCUT2D eigenvalue weighted by Gasteiger charge is -2.09. The molecule has 17 heavy (non-hydrogen) atoms. The summed E-state index contributed by atoms with van der Waals surface area (Å²) in [6.07, 6.45) is 0. The highest BCUT2D eigenvalue weighted by Gasteiger charge is 2.14. The van der Waals surface area contributed by atoms with Crippen LogP contribution in [0.4, 0.5) is 11.4 Å². The molecule has 0 N–H and O–H groups in total. The Labute approximate surface area is 114 Å². The van der Waals surface area contributed by atoms with Crippen LogP contribution in [0.15, 0.2) is 20.9 Å². The van der Waals surface area contributed by atoms with Gasteiger partial charge >= 0.3 is 0 Å². The maximum absolute atomic E-state index is 8.78. The van der Waals surface area contributed by atoms with Gasteiger partial charge in [0, 0.05) is 0 Å². The van der Waals surface area contributed by atoms with Crippen LogP contribution in [-0.2, 0) is 0 Å². The molecule has 0 radical (unpaired) electrons. The van der Waals surface area contributed by atoms with Crippen molar-refractivity contribution in [1.82, 2.24) is 0 Å². The van der Waals surface area contributed by atoms with Gasteiger partial charge in [-0.3, -0.25) is 0 Å². The molecular weight excluding hydrogens is 270 g/mol. The largest absolute Gasteiger partial charge is 0.192 e. The van der Waals surface area contributed by atoms with Crippen LogP contribution < -0.4 is 0 Å². The normalized spacial score (nSPS) is 8.76. The summed E-state index contributed by atoms with van der Waals surface area (Å²) in [5, 5.41) is 15.4. The standard InChI is InChI=1S/C11H7N3S3/c1-7-3-8(2)11(17-4-12)10(14-6-16)9(7)13-5-15/h3H,1-2H3. The van der Waals surface area contributed by atoms with E-state index in [9.17, 15) is 0 Å².